The third kappa shape index (κ3) is 2.74. The molecule has 0 fully saturated rings. The first-order chi connectivity index (χ1) is 6.26. The van der Waals surface area contributed by atoms with Crippen molar-refractivity contribution in [1.82, 2.24) is 9.97 Å². The van der Waals surface area contributed by atoms with Crippen molar-refractivity contribution < 1.29 is 4.74 Å². The summed E-state index contributed by atoms with van der Waals surface area (Å²) in [5.41, 5.74) is 0. The van der Waals surface area contributed by atoms with E-state index in [1.54, 1.807) is 25.6 Å². The molecule has 1 rings (SSSR count). The van der Waals surface area contributed by atoms with Gasteiger partial charge in [0.15, 0.2) is 5.75 Å². The molecule has 4 nitrogen and oxygen atoms in total. The summed E-state index contributed by atoms with van der Waals surface area (Å²) >= 11 is 0. The Hall–Kier alpha value is -1.58. The van der Waals surface area contributed by atoms with Crippen LogP contribution < -0.4 is 10.1 Å². The van der Waals surface area contributed by atoms with E-state index in [9.17, 15) is 0 Å². The Kier molecular flexibility index (Phi) is 3.25. The molecule has 0 spiro atoms. The number of rotatable bonds is 4. The molecule has 1 atom stereocenters. The fraction of sp³-hybridized carbons (Fsp3) is 0.333. The van der Waals surface area contributed by atoms with Gasteiger partial charge in [-0.3, -0.25) is 0 Å². The fourth-order valence-corrected chi connectivity index (χ4v) is 0.759. The van der Waals surface area contributed by atoms with Crippen molar-refractivity contribution >= 4 is 5.95 Å². The second kappa shape index (κ2) is 4.45. The summed E-state index contributed by atoms with van der Waals surface area (Å²) in [4.78, 5) is 8.08. The quantitative estimate of drug-likeness (QED) is 0.711. The van der Waals surface area contributed by atoms with Gasteiger partial charge in [0.25, 0.3) is 0 Å². The van der Waals surface area contributed by atoms with Crippen molar-refractivity contribution in [2.45, 2.75) is 13.0 Å². The molecule has 0 bridgehead atoms. The van der Waals surface area contributed by atoms with Gasteiger partial charge in [0.1, 0.15) is 0 Å². The summed E-state index contributed by atoms with van der Waals surface area (Å²) < 4.78 is 4.93. The smallest absolute Gasteiger partial charge is 0.223 e. The second-order valence-electron chi connectivity index (χ2n) is 2.62. The molecular weight excluding hydrogens is 166 g/mol. The highest BCUT2D eigenvalue weighted by atomic mass is 16.5. The first kappa shape index (κ1) is 9.51. The van der Waals surface area contributed by atoms with Gasteiger partial charge in [-0.25, -0.2) is 9.97 Å². The first-order valence-electron chi connectivity index (χ1n) is 4.01. The lowest BCUT2D eigenvalue weighted by Gasteiger charge is -2.08. The molecule has 0 saturated heterocycles. The molecule has 1 aromatic heterocycles. The molecule has 1 N–H and O–H groups in total. The third-order valence-corrected chi connectivity index (χ3v) is 1.57. The molecule has 4 heteroatoms. The van der Waals surface area contributed by atoms with Crippen LogP contribution in [0, 0.1) is 0 Å². The van der Waals surface area contributed by atoms with E-state index in [-0.39, 0.29) is 6.04 Å². The van der Waals surface area contributed by atoms with Crippen LogP contribution in [0.3, 0.4) is 0 Å². The zero-order chi connectivity index (χ0) is 9.68. The van der Waals surface area contributed by atoms with Crippen LogP contribution in [0.15, 0.2) is 25.0 Å². The molecule has 0 aliphatic carbocycles. The van der Waals surface area contributed by atoms with Crippen LogP contribution >= 0.6 is 0 Å². The molecule has 0 aromatic carbocycles. The maximum Gasteiger partial charge on any atom is 0.223 e. The normalized spacial score (nSPS) is 11.8. The lowest BCUT2D eigenvalue weighted by molar-refractivity contribution is 0.411. The highest BCUT2D eigenvalue weighted by Crippen LogP contribution is 2.07. The van der Waals surface area contributed by atoms with Gasteiger partial charge in [0.2, 0.25) is 5.95 Å². The minimum atomic E-state index is 0.161. The Morgan fingerprint density at radius 3 is 2.62 bits per heavy atom. The lowest BCUT2D eigenvalue weighted by Crippen LogP contribution is -2.13. The maximum absolute atomic E-state index is 4.93. The average molecular weight is 179 g/mol. The SMILES string of the molecule is C=CC(C)Nc1ncc(OC)cn1. The molecule has 0 saturated carbocycles. The molecule has 1 unspecified atom stereocenters. The summed E-state index contributed by atoms with van der Waals surface area (Å²) in [5, 5.41) is 3.05. The number of aromatic nitrogens is 2. The minimum absolute atomic E-state index is 0.161. The van der Waals surface area contributed by atoms with Crippen molar-refractivity contribution in [3.8, 4) is 5.75 Å². The van der Waals surface area contributed by atoms with Crippen molar-refractivity contribution in [2.24, 2.45) is 0 Å². The Morgan fingerprint density at radius 2 is 2.15 bits per heavy atom. The summed E-state index contributed by atoms with van der Waals surface area (Å²) in [6, 6.07) is 0.161. The van der Waals surface area contributed by atoms with Gasteiger partial charge in [-0.15, -0.1) is 6.58 Å². The van der Waals surface area contributed by atoms with Crippen molar-refractivity contribution in [3.05, 3.63) is 25.0 Å². The van der Waals surface area contributed by atoms with Gasteiger partial charge in [0, 0.05) is 6.04 Å². The van der Waals surface area contributed by atoms with E-state index >= 15 is 0 Å². The van der Waals surface area contributed by atoms with E-state index in [0.717, 1.165) is 0 Å². The second-order valence-corrected chi connectivity index (χ2v) is 2.62. The Balaban J connectivity index is 2.63. The summed E-state index contributed by atoms with van der Waals surface area (Å²) in [7, 11) is 1.58. The van der Waals surface area contributed by atoms with E-state index in [0.29, 0.717) is 11.7 Å². The first-order valence-corrected chi connectivity index (χ1v) is 4.01. The van der Waals surface area contributed by atoms with Crippen LogP contribution in [0.1, 0.15) is 6.92 Å². The fourth-order valence-electron chi connectivity index (χ4n) is 0.759. The predicted molar refractivity (Wildman–Crippen MR) is 51.9 cm³/mol. The lowest BCUT2D eigenvalue weighted by atomic mass is 10.3. The van der Waals surface area contributed by atoms with Crippen LogP contribution in [0.25, 0.3) is 0 Å². The van der Waals surface area contributed by atoms with Gasteiger partial charge in [-0.1, -0.05) is 6.08 Å². The Labute approximate surface area is 77.7 Å². The topological polar surface area (TPSA) is 47.0 Å². The van der Waals surface area contributed by atoms with Crippen LogP contribution in [0.5, 0.6) is 5.75 Å². The third-order valence-electron chi connectivity index (χ3n) is 1.57. The number of nitrogens with zero attached hydrogens (tertiary/aromatic N) is 2. The van der Waals surface area contributed by atoms with E-state index < -0.39 is 0 Å². The number of hydrogen-bond acceptors (Lipinski definition) is 4. The Bertz CT molecular complexity index is 271. The summed E-state index contributed by atoms with van der Waals surface area (Å²) in [6.45, 7) is 5.62. The predicted octanol–water partition coefficient (Wildman–Crippen LogP) is 1.47. The van der Waals surface area contributed by atoms with E-state index in [1.807, 2.05) is 6.92 Å². The van der Waals surface area contributed by atoms with Crippen LogP contribution in [-0.4, -0.2) is 23.1 Å². The molecule has 70 valence electrons. The van der Waals surface area contributed by atoms with E-state index in [1.165, 1.54) is 0 Å². The molecule has 0 amide bonds. The van der Waals surface area contributed by atoms with Crippen molar-refractivity contribution in [3.63, 3.8) is 0 Å². The molecule has 1 aromatic rings. The van der Waals surface area contributed by atoms with Gasteiger partial charge in [-0.05, 0) is 6.92 Å². The van der Waals surface area contributed by atoms with E-state index in [4.69, 9.17) is 4.74 Å². The van der Waals surface area contributed by atoms with Crippen LogP contribution in [-0.2, 0) is 0 Å². The summed E-state index contributed by atoms with van der Waals surface area (Å²) in [6.07, 6.45) is 5.02. The number of nitrogens with one attached hydrogen (secondary N) is 1. The monoisotopic (exact) mass is 179 g/mol. The summed E-state index contributed by atoms with van der Waals surface area (Å²) in [5.74, 6) is 1.23. The molecule has 1 heterocycles. The largest absolute Gasteiger partial charge is 0.494 e. The molecule has 13 heavy (non-hydrogen) atoms. The van der Waals surface area contributed by atoms with Crippen molar-refractivity contribution in [1.29, 1.82) is 0 Å². The van der Waals surface area contributed by atoms with Gasteiger partial charge in [-0.2, -0.15) is 0 Å². The van der Waals surface area contributed by atoms with E-state index in [2.05, 4.69) is 21.9 Å². The zero-order valence-electron chi connectivity index (χ0n) is 7.82. The molecule has 0 radical (unpaired) electrons. The van der Waals surface area contributed by atoms with Gasteiger partial charge >= 0.3 is 0 Å². The van der Waals surface area contributed by atoms with Crippen molar-refractivity contribution in [2.75, 3.05) is 12.4 Å². The highest BCUT2D eigenvalue weighted by Gasteiger charge is 1.99. The van der Waals surface area contributed by atoms with Gasteiger partial charge < -0.3 is 10.1 Å². The molecular formula is C9H13N3O. The minimum Gasteiger partial charge on any atom is -0.494 e. The number of methoxy groups -OCH3 is 1. The molecule has 0 aliphatic rings. The maximum atomic E-state index is 4.93. The number of ether oxygens (including phenoxy) is 1. The molecule has 0 aliphatic heterocycles. The zero-order valence-corrected chi connectivity index (χ0v) is 7.82. The Morgan fingerprint density at radius 1 is 1.54 bits per heavy atom. The average Bonchev–Trinajstić information content (AvgIpc) is 2.19. The standard InChI is InChI=1S/C9H13N3O/c1-4-7(2)12-9-10-5-8(13-3)6-11-9/h4-7H,1H2,2-3H3,(H,10,11,12). The van der Waals surface area contributed by atoms with Crippen LogP contribution in [0.2, 0.25) is 0 Å². The van der Waals surface area contributed by atoms with Crippen LogP contribution in [0.4, 0.5) is 5.95 Å². The van der Waals surface area contributed by atoms with Gasteiger partial charge in [0.05, 0.1) is 19.5 Å². The highest BCUT2D eigenvalue weighted by molar-refractivity contribution is 5.29. The number of hydrogen-bond donors (Lipinski definition) is 1. The number of anilines is 1.